The van der Waals surface area contributed by atoms with E-state index in [2.05, 4.69) is 29.1 Å². The van der Waals surface area contributed by atoms with Crippen LogP contribution in [-0.2, 0) is 16.1 Å². The number of hydrogen-bond acceptors (Lipinski definition) is 2. The standard InChI is InChI=1S/C19H24N2O3/c1-2-10-21-11-9-13-7-8-16(12-17(13)21)20-18(22)14-3-5-15(6-4-14)19(23)24/h7-9,11-12,14-15H,2-6,10H2,1H3,(H,20,22)(H,23,24). The number of aromatic nitrogens is 1. The lowest BCUT2D eigenvalue weighted by Gasteiger charge is -2.25. The zero-order valence-corrected chi connectivity index (χ0v) is 14.0. The monoisotopic (exact) mass is 328 g/mol. The Balaban J connectivity index is 1.67. The molecule has 0 aliphatic heterocycles. The van der Waals surface area contributed by atoms with E-state index in [9.17, 15) is 9.59 Å². The van der Waals surface area contributed by atoms with E-state index in [1.807, 2.05) is 18.2 Å². The molecule has 1 aromatic carbocycles. The average Bonchev–Trinajstić information content (AvgIpc) is 2.98. The minimum absolute atomic E-state index is 0.00628. The topological polar surface area (TPSA) is 71.3 Å². The van der Waals surface area contributed by atoms with Crippen molar-refractivity contribution >= 4 is 28.5 Å². The van der Waals surface area contributed by atoms with Crippen LogP contribution in [0.1, 0.15) is 39.0 Å². The maximum absolute atomic E-state index is 12.5. The molecule has 24 heavy (non-hydrogen) atoms. The van der Waals surface area contributed by atoms with Crippen molar-refractivity contribution in [2.45, 2.75) is 45.6 Å². The molecule has 1 aromatic heterocycles. The first-order valence-corrected chi connectivity index (χ1v) is 8.71. The molecule has 1 aliphatic carbocycles. The lowest BCUT2D eigenvalue weighted by Crippen LogP contribution is -2.29. The maximum atomic E-state index is 12.5. The smallest absolute Gasteiger partial charge is 0.306 e. The van der Waals surface area contributed by atoms with Crippen LogP contribution in [-0.4, -0.2) is 21.6 Å². The number of carbonyl (C=O) groups excluding carboxylic acids is 1. The quantitative estimate of drug-likeness (QED) is 0.875. The van der Waals surface area contributed by atoms with E-state index in [0.29, 0.717) is 25.7 Å². The fraction of sp³-hybridized carbons (Fsp3) is 0.474. The summed E-state index contributed by atoms with van der Waals surface area (Å²) in [7, 11) is 0. The number of aliphatic carboxylic acids is 1. The van der Waals surface area contributed by atoms with Gasteiger partial charge in [0.1, 0.15) is 0 Å². The number of nitrogens with one attached hydrogen (secondary N) is 1. The van der Waals surface area contributed by atoms with Crippen LogP contribution in [0.25, 0.3) is 10.9 Å². The molecular formula is C19H24N2O3. The number of anilines is 1. The van der Waals surface area contributed by atoms with Crippen molar-refractivity contribution in [2.24, 2.45) is 11.8 Å². The number of aryl methyl sites for hydroxylation is 1. The van der Waals surface area contributed by atoms with Crippen molar-refractivity contribution in [3.8, 4) is 0 Å². The predicted octanol–water partition coefficient (Wildman–Crippen LogP) is 3.88. The molecule has 2 aromatic rings. The number of carbonyl (C=O) groups is 2. The predicted molar refractivity (Wildman–Crippen MR) is 93.9 cm³/mol. The molecule has 128 valence electrons. The van der Waals surface area contributed by atoms with Gasteiger partial charge in [0, 0.05) is 24.3 Å². The highest BCUT2D eigenvalue weighted by Gasteiger charge is 2.29. The van der Waals surface area contributed by atoms with Gasteiger partial charge < -0.3 is 15.0 Å². The summed E-state index contributed by atoms with van der Waals surface area (Å²) in [6, 6.07) is 8.06. The van der Waals surface area contributed by atoms with Gasteiger partial charge in [-0.3, -0.25) is 9.59 Å². The van der Waals surface area contributed by atoms with Gasteiger partial charge in [-0.1, -0.05) is 13.0 Å². The van der Waals surface area contributed by atoms with Crippen molar-refractivity contribution in [1.82, 2.24) is 4.57 Å². The highest BCUT2D eigenvalue weighted by atomic mass is 16.4. The molecule has 1 heterocycles. The largest absolute Gasteiger partial charge is 0.481 e. The molecule has 0 unspecified atom stereocenters. The summed E-state index contributed by atoms with van der Waals surface area (Å²) in [5.74, 6) is -1.11. The van der Waals surface area contributed by atoms with Gasteiger partial charge in [-0.25, -0.2) is 0 Å². The first-order chi connectivity index (χ1) is 11.6. The summed E-state index contributed by atoms with van der Waals surface area (Å²) in [6.07, 6.45) is 5.62. The van der Waals surface area contributed by atoms with E-state index in [1.54, 1.807) is 0 Å². The third-order valence-corrected chi connectivity index (χ3v) is 4.95. The summed E-state index contributed by atoms with van der Waals surface area (Å²) in [6.45, 7) is 3.10. The van der Waals surface area contributed by atoms with E-state index in [-0.39, 0.29) is 17.7 Å². The Morgan fingerprint density at radius 1 is 1.17 bits per heavy atom. The fourth-order valence-corrected chi connectivity index (χ4v) is 3.54. The molecule has 1 fully saturated rings. The summed E-state index contributed by atoms with van der Waals surface area (Å²) in [4.78, 5) is 23.5. The second kappa shape index (κ2) is 7.07. The molecule has 1 aliphatic rings. The third kappa shape index (κ3) is 3.45. The molecule has 1 amide bonds. The van der Waals surface area contributed by atoms with Crippen LogP contribution in [0.3, 0.4) is 0 Å². The Bertz CT molecular complexity index is 742. The van der Waals surface area contributed by atoms with Gasteiger partial charge >= 0.3 is 5.97 Å². The Labute approximate surface area is 141 Å². The number of carboxylic acid groups (broad SMARTS) is 1. The first-order valence-electron chi connectivity index (χ1n) is 8.71. The van der Waals surface area contributed by atoms with Crippen LogP contribution in [0, 0.1) is 11.8 Å². The molecule has 0 radical (unpaired) electrons. The summed E-state index contributed by atoms with van der Waals surface area (Å²) >= 11 is 0. The molecule has 2 N–H and O–H groups in total. The zero-order chi connectivity index (χ0) is 17.1. The average molecular weight is 328 g/mol. The highest BCUT2D eigenvalue weighted by Crippen LogP contribution is 2.30. The SMILES string of the molecule is CCCn1ccc2ccc(NC(=O)C3CCC(C(=O)O)CC3)cc21. The van der Waals surface area contributed by atoms with Gasteiger partial charge in [0.2, 0.25) is 5.91 Å². The maximum Gasteiger partial charge on any atom is 0.306 e. The number of nitrogens with zero attached hydrogens (tertiary/aromatic N) is 1. The van der Waals surface area contributed by atoms with Gasteiger partial charge in [0.15, 0.2) is 0 Å². The van der Waals surface area contributed by atoms with E-state index in [1.165, 1.54) is 5.39 Å². The van der Waals surface area contributed by atoms with Crippen molar-refractivity contribution in [1.29, 1.82) is 0 Å². The number of rotatable bonds is 5. The minimum atomic E-state index is -0.740. The van der Waals surface area contributed by atoms with Crippen LogP contribution in [0.2, 0.25) is 0 Å². The number of hydrogen-bond donors (Lipinski definition) is 2. The number of carboxylic acids is 1. The van der Waals surface area contributed by atoms with E-state index in [4.69, 9.17) is 5.11 Å². The van der Waals surface area contributed by atoms with Crippen molar-refractivity contribution in [3.63, 3.8) is 0 Å². The normalized spacial score (nSPS) is 20.9. The van der Waals surface area contributed by atoms with Gasteiger partial charge in [0.05, 0.1) is 11.4 Å². The molecule has 0 bridgehead atoms. The van der Waals surface area contributed by atoms with Gasteiger partial charge in [-0.2, -0.15) is 0 Å². The van der Waals surface area contributed by atoms with E-state index < -0.39 is 5.97 Å². The van der Waals surface area contributed by atoms with E-state index in [0.717, 1.165) is 24.2 Å². The van der Waals surface area contributed by atoms with Crippen LogP contribution in [0.15, 0.2) is 30.5 Å². The Kier molecular flexibility index (Phi) is 4.88. The van der Waals surface area contributed by atoms with Gasteiger partial charge in [-0.15, -0.1) is 0 Å². The van der Waals surface area contributed by atoms with Crippen molar-refractivity contribution in [3.05, 3.63) is 30.5 Å². The molecule has 0 saturated heterocycles. The zero-order valence-electron chi connectivity index (χ0n) is 14.0. The van der Waals surface area contributed by atoms with Crippen molar-refractivity contribution < 1.29 is 14.7 Å². The van der Waals surface area contributed by atoms with Crippen LogP contribution < -0.4 is 5.32 Å². The second-order valence-electron chi connectivity index (χ2n) is 6.66. The lowest BCUT2D eigenvalue weighted by atomic mass is 9.81. The third-order valence-electron chi connectivity index (χ3n) is 4.95. The number of benzene rings is 1. The van der Waals surface area contributed by atoms with Gasteiger partial charge in [0.25, 0.3) is 0 Å². The molecule has 5 nitrogen and oxygen atoms in total. The molecule has 0 spiro atoms. The second-order valence-corrected chi connectivity index (χ2v) is 6.66. The van der Waals surface area contributed by atoms with Crippen LogP contribution in [0.4, 0.5) is 5.69 Å². The first kappa shape index (κ1) is 16.6. The highest BCUT2D eigenvalue weighted by molar-refractivity contribution is 5.95. The van der Waals surface area contributed by atoms with Crippen molar-refractivity contribution in [2.75, 3.05) is 5.32 Å². The summed E-state index contributed by atoms with van der Waals surface area (Å²) < 4.78 is 2.20. The molecule has 3 rings (SSSR count). The Hall–Kier alpha value is -2.30. The summed E-state index contributed by atoms with van der Waals surface area (Å²) in [5, 5.41) is 13.2. The Morgan fingerprint density at radius 3 is 2.54 bits per heavy atom. The lowest BCUT2D eigenvalue weighted by molar-refractivity contribution is -0.143. The molecule has 1 saturated carbocycles. The molecular weight excluding hydrogens is 304 g/mol. The fourth-order valence-electron chi connectivity index (χ4n) is 3.54. The van der Waals surface area contributed by atoms with Crippen LogP contribution in [0.5, 0.6) is 0 Å². The Morgan fingerprint density at radius 2 is 1.88 bits per heavy atom. The minimum Gasteiger partial charge on any atom is -0.481 e. The van der Waals surface area contributed by atoms with Gasteiger partial charge in [-0.05, 0) is 55.7 Å². The molecule has 0 atom stereocenters. The summed E-state index contributed by atoms with van der Waals surface area (Å²) in [5.41, 5.74) is 1.94. The van der Waals surface area contributed by atoms with Crippen LogP contribution >= 0.6 is 0 Å². The number of fused-ring (bicyclic) bond motifs is 1. The number of amides is 1. The van der Waals surface area contributed by atoms with E-state index >= 15 is 0 Å². The molecule has 5 heteroatoms.